The predicted octanol–water partition coefficient (Wildman–Crippen LogP) is 1.49. The normalized spacial score (nSPS) is 11.2. The number of ether oxygens (including phenoxy) is 1. The Balaban J connectivity index is 2.33. The summed E-state index contributed by atoms with van der Waals surface area (Å²) in [5, 5.41) is 7.15. The summed E-state index contributed by atoms with van der Waals surface area (Å²) in [5.74, 6) is -0.775. The van der Waals surface area contributed by atoms with Crippen LogP contribution in [0, 0.1) is 5.82 Å². The summed E-state index contributed by atoms with van der Waals surface area (Å²) >= 11 is 1.03. The molecule has 1 N–H and O–H groups in total. The summed E-state index contributed by atoms with van der Waals surface area (Å²) in [5.41, 5.74) is 1.38. The van der Waals surface area contributed by atoms with Crippen LogP contribution in [0.25, 0.3) is 0 Å². The highest BCUT2D eigenvalue weighted by atomic mass is 32.2. The Morgan fingerprint density at radius 1 is 1.44 bits per heavy atom. The number of methoxy groups -OCH3 is 1. The van der Waals surface area contributed by atoms with E-state index in [-0.39, 0.29) is 15.8 Å². The van der Waals surface area contributed by atoms with Gasteiger partial charge in [0.2, 0.25) is 5.13 Å². The number of anilines is 1. The highest BCUT2D eigenvalue weighted by Gasteiger charge is 2.18. The van der Waals surface area contributed by atoms with Gasteiger partial charge in [-0.25, -0.2) is 12.8 Å². The van der Waals surface area contributed by atoms with E-state index in [0.29, 0.717) is 0 Å². The van der Waals surface area contributed by atoms with Crippen LogP contribution in [0.4, 0.5) is 9.52 Å². The van der Waals surface area contributed by atoms with Gasteiger partial charge >= 0.3 is 0 Å². The van der Waals surface area contributed by atoms with Crippen molar-refractivity contribution >= 4 is 26.5 Å². The molecule has 9 heteroatoms. The number of hydrogen-bond donors (Lipinski definition) is 1. The molecule has 0 spiro atoms. The molecule has 0 bridgehead atoms. The number of benzene rings is 1. The van der Waals surface area contributed by atoms with E-state index >= 15 is 0 Å². The molecule has 0 saturated heterocycles. The van der Waals surface area contributed by atoms with Gasteiger partial charge in [0.15, 0.2) is 11.6 Å². The van der Waals surface area contributed by atoms with Gasteiger partial charge in [-0.1, -0.05) is 11.3 Å². The number of nitrogens with one attached hydrogen (secondary N) is 1. The van der Waals surface area contributed by atoms with Crippen molar-refractivity contribution in [2.45, 2.75) is 4.90 Å². The third kappa shape index (κ3) is 2.57. The van der Waals surface area contributed by atoms with E-state index < -0.39 is 15.8 Å². The Morgan fingerprint density at radius 2 is 2.22 bits per heavy atom. The van der Waals surface area contributed by atoms with E-state index in [1.54, 1.807) is 0 Å². The molecule has 0 aliphatic carbocycles. The lowest BCUT2D eigenvalue weighted by molar-refractivity contribution is 0.385. The summed E-state index contributed by atoms with van der Waals surface area (Å²) in [6.45, 7) is 0. The second kappa shape index (κ2) is 4.86. The summed E-state index contributed by atoms with van der Waals surface area (Å²) in [7, 11) is -2.57. The standard InChI is InChI=1S/C9H8FN3O3S2/c1-16-8-3-2-6(4-7(8)10)18(14,15)13-9-12-11-5-17-9/h2-5H,1H3,(H,12,13). The van der Waals surface area contributed by atoms with Gasteiger partial charge in [-0.15, -0.1) is 10.2 Å². The number of hydrogen-bond acceptors (Lipinski definition) is 6. The van der Waals surface area contributed by atoms with Crippen LogP contribution in [0.15, 0.2) is 28.6 Å². The first kappa shape index (κ1) is 12.7. The van der Waals surface area contributed by atoms with E-state index in [4.69, 9.17) is 4.74 Å². The number of halogens is 1. The second-order valence-corrected chi connectivity index (χ2v) is 5.66. The van der Waals surface area contributed by atoms with E-state index in [9.17, 15) is 12.8 Å². The van der Waals surface area contributed by atoms with Crippen molar-refractivity contribution in [3.05, 3.63) is 29.5 Å². The molecule has 0 aliphatic heterocycles. The molecular weight excluding hydrogens is 281 g/mol. The van der Waals surface area contributed by atoms with Crippen LogP contribution in [0.1, 0.15) is 0 Å². The van der Waals surface area contributed by atoms with Gasteiger partial charge in [0.1, 0.15) is 5.51 Å². The Morgan fingerprint density at radius 3 is 2.78 bits per heavy atom. The summed E-state index contributed by atoms with van der Waals surface area (Å²) in [6.07, 6.45) is 0. The molecule has 2 rings (SSSR count). The lowest BCUT2D eigenvalue weighted by atomic mass is 10.3. The first-order valence-electron chi connectivity index (χ1n) is 4.65. The number of sulfonamides is 1. The maximum atomic E-state index is 13.4. The van der Waals surface area contributed by atoms with Gasteiger partial charge in [-0.2, -0.15) is 0 Å². The molecule has 0 saturated carbocycles. The van der Waals surface area contributed by atoms with E-state index in [2.05, 4.69) is 14.9 Å². The molecule has 1 heterocycles. The third-order valence-corrected chi connectivity index (χ3v) is 4.09. The minimum absolute atomic E-state index is 0.0233. The Labute approximate surface area is 106 Å². The molecule has 18 heavy (non-hydrogen) atoms. The van der Waals surface area contributed by atoms with Crippen molar-refractivity contribution in [1.82, 2.24) is 10.2 Å². The van der Waals surface area contributed by atoms with Gasteiger partial charge in [0, 0.05) is 0 Å². The van der Waals surface area contributed by atoms with E-state index in [1.165, 1.54) is 24.8 Å². The molecule has 0 amide bonds. The fourth-order valence-corrected chi connectivity index (χ4v) is 2.91. The number of aromatic nitrogens is 2. The third-order valence-electron chi connectivity index (χ3n) is 2.02. The zero-order valence-corrected chi connectivity index (χ0v) is 10.8. The first-order valence-corrected chi connectivity index (χ1v) is 7.02. The minimum atomic E-state index is -3.87. The van der Waals surface area contributed by atoms with Crippen LogP contribution in [-0.2, 0) is 10.0 Å². The Hall–Kier alpha value is -1.74. The van der Waals surface area contributed by atoms with Crippen molar-refractivity contribution in [1.29, 1.82) is 0 Å². The van der Waals surface area contributed by atoms with Crippen LogP contribution >= 0.6 is 11.3 Å². The lowest BCUT2D eigenvalue weighted by Gasteiger charge is -2.06. The highest BCUT2D eigenvalue weighted by Crippen LogP contribution is 2.22. The smallest absolute Gasteiger partial charge is 0.263 e. The Kier molecular flexibility index (Phi) is 3.43. The summed E-state index contributed by atoms with van der Waals surface area (Å²) in [4.78, 5) is -0.212. The average molecular weight is 289 g/mol. The average Bonchev–Trinajstić information content (AvgIpc) is 2.81. The van der Waals surface area contributed by atoms with Crippen LogP contribution in [-0.4, -0.2) is 25.7 Å². The summed E-state index contributed by atoms with van der Waals surface area (Å²) in [6, 6.07) is 3.36. The van der Waals surface area contributed by atoms with Gasteiger partial charge in [0.25, 0.3) is 10.0 Å². The monoisotopic (exact) mass is 289 g/mol. The number of nitrogens with zero attached hydrogens (tertiary/aromatic N) is 2. The molecule has 0 radical (unpaired) electrons. The van der Waals surface area contributed by atoms with Crippen LogP contribution < -0.4 is 9.46 Å². The van der Waals surface area contributed by atoms with Crippen molar-refractivity contribution in [2.24, 2.45) is 0 Å². The van der Waals surface area contributed by atoms with Crippen molar-refractivity contribution < 1.29 is 17.5 Å². The maximum Gasteiger partial charge on any atom is 0.263 e. The molecule has 2 aromatic rings. The topological polar surface area (TPSA) is 81.2 Å². The summed E-state index contributed by atoms with van der Waals surface area (Å²) < 4.78 is 44.1. The zero-order valence-electron chi connectivity index (χ0n) is 9.12. The molecule has 0 fully saturated rings. The molecule has 0 atom stereocenters. The van der Waals surface area contributed by atoms with Gasteiger partial charge in [-0.05, 0) is 18.2 Å². The van der Waals surface area contributed by atoms with Crippen molar-refractivity contribution in [3.8, 4) is 5.75 Å². The van der Waals surface area contributed by atoms with Gasteiger partial charge in [-0.3, -0.25) is 4.72 Å². The molecule has 6 nitrogen and oxygen atoms in total. The van der Waals surface area contributed by atoms with Gasteiger partial charge < -0.3 is 4.74 Å². The quantitative estimate of drug-likeness (QED) is 0.922. The molecule has 1 aromatic heterocycles. The fraction of sp³-hybridized carbons (Fsp3) is 0.111. The van der Waals surface area contributed by atoms with Crippen LogP contribution in [0.5, 0.6) is 5.75 Å². The molecule has 1 aromatic carbocycles. The Bertz CT molecular complexity index is 643. The fourth-order valence-electron chi connectivity index (χ4n) is 1.21. The SMILES string of the molecule is COc1ccc(S(=O)(=O)Nc2nncs2)cc1F. The molecular formula is C9H8FN3O3S2. The van der Waals surface area contributed by atoms with Crippen molar-refractivity contribution in [2.75, 3.05) is 11.8 Å². The maximum absolute atomic E-state index is 13.4. The first-order chi connectivity index (χ1) is 8.53. The molecule has 0 aliphatic rings. The van der Waals surface area contributed by atoms with Crippen LogP contribution in [0.2, 0.25) is 0 Å². The van der Waals surface area contributed by atoms with Crippen molar-refractivity contribution in [3.63, 3.8) is 0 Å². The largest absolute Gasteiger partial charge is 0.494 e. The number of rotatable bonds is 4. The zero-order chi connectivity index (χ0) is 13.2. The molecule has 0 unspecified atom stereocenters. The van der Waals surface area contributed by atoms with Crippen LogP contribution in [0.3, 0.4) is 0 Å². The molecule has 96 valence electrons. The minimum Gasteiger partial charge on any atom is -0.494 e. The highest BCUT2D eigenvalue weighted by molar-refractivity contribution is 7.93. The van der Waals surface area contributed by atoms with E-state index in [0.717, 1.165) is 17.4 Å². The van der Waals surface area contributed by atoms with Gasteiger partial charge in [0.05, 0.1) is 12.0 Å². The lowest BCUT2D eigenvalue weighted by Crippen LogP contribution is -2.13. The second-order valence-electron chi connectivity index (χ2n) is 3.15. The predicted molar refractivity (Wildman–Crippen MR) is 63.7 cm³/mol. The van der Waals surface area contributed by atoms with E-state index in [1.807, 2.05) is 0 Å².